The van der Waals surface area contributed by atoms with Crippen LogP contribution in [0, 0.1) is 11.8 Å². The number of benzene rings is 2. The number of ether oxygens (including phenoxy) is 1. The molecule has 2 atom stereocenters. The molecule has 2 fully saturated rings. The van der Waals surface area contributed by atoms with E-state index in [4.69, 9.17) is 4.74 Å². The lowest BCUT2D eigenvalue weighted by Crippen LogP contribution is -2.33. The second kappa shape index (κ2) is 10.5. The smallest absolute Gasteiger partial charge is 0.338 e. The van der Waals surface area contributed by atoms with Gasteiger partial charge in [-0.3, -0.25) is 9.88 Å². The van der Waals surface area contributed by atoms with E-state index in [9.17, 15) is 4.79 Å². The molecular formula is C35H42N2O2. The molecule has 1 spiro atoms. The lowest BCUT2D eigenvalue weighted by atomic mass is 9.87. The summed E-state index contributed by atoms with van der Waals surface area (Å²) < 4.78 is 5.49. The van der Waals surface area contributed by atoms with Crippen molar-refractivity contribution < 1.29 is 9.53 Å². The van der Waals surface area contributed by atoms with Crippen LogP contribution in [0.4, 0.5) is 0 Å². The minimum atomic E-state index is -0.467. The molecule has 2 unspecified atom stereocenters. The van der Waals surface area contributed by atoms with Crippen LogP contribution in [-0.4, -0.2) is 34.5 Å². The summed E-state index contributed by atoms with van der Waals surface area (Å²) in [5.41, 5.74) is 7.66. The number of aromatic nitrogens is 1. The van der Waals surface area contributed by atoms with Gasteiger partial charge in [-0.15, -0.1) is 0 Å². The average Bonchev–Trinajstić information content (AvgIpc) is 3.53. The zero-order valence-electron chi connectivity index (χ0n) is 23.8. The number of hydrogen-bond acceptors (Lipinski definition) is 4. The molecule has 1 saturated heterocycles. The average molecular weight is 523 g/mol. The van der Waals surface area contributed by atoms with Gasteiger partial charge in [0.2, 0.25) is 0 Å². The molecule has 1 aliphatic heterocycles. The number of rotatable bonds is 7. The topological polar surface area (TPSA) is 42.4 Å². The predicted molar refractivity (Wildman–Crippen MR) is 157 cm³/mol. The molecule has 39 heavy (non-hydrogen) atoms. The zero-order valence-corrected chi connectivity index (χ0v) is 23.8. The van der Waals surface area contributed by atoms with E-state index in [0.29, 0.717) is 11.0 Å². The molecule has 4 heteroatoms. The van der Waals surface area contributed by atoms with Gasteiger partial charge in [0.1, 0.15) is 5.60 Å². The largest absolute Gasteiger partial charge is 0.456 e. The van der Waals surface area contributed by atoms with Crippen LogP contribution in [0.1, 0.15) is 86.3 Å². The van der Waals surface area contributed by atoms with Gasteiger partial charge < -0.3 is 4.74 Å². The Bertz CT molecular complexity index is 1300. The Labute approximate surface area is 233 Å². The number of likely N-dealkylation sites (tertiary alicyclic amines) is 1. The Hall–Kier alpha value is -2.98. The number of esters is 1. The summed E-state index contributed by atoms with van der Waals surface area (Å²) in [6.07, 6.45) is 13.2. The highest BCUT2D eigenvalue weighted by molar-refractivity contribution is 5.89. The van der Waals surface area contributed by atoms with E-state index in [1.807, 2.05) is 51.4 Å². The molecule has 0 bridgehead atoms. The molecule has 6 rings (SSSR count). The molecule has 0 amide bonds. The van der Waals surface area contributed by atoms with Crippen LogP contribution in [-0.2, 0) is 23.1 Å². The lowest BCUT2D eigenvalue weighted by molar-refractivity contribution is 0.00695. The highest BCUT2D eigenvalue weighted by Gasteiger charge is 2.57. The van der Waals surface area contributed by atoms with Crippen LogP contribution >= 0.6 is 0 Å². The van der Waals surface area contributed by atoms with Crippen LogP contribution in [0.25, 0.3) is 11.1 Å². The second-order valence-electron chi connectivity index (χ2n) is 13.2. The molecule has 2 heterocycles. The SMILES string of the molecule is CC(C)(C)OC(=O)c1ccc(CN2CCC(CCC3CC34CCc3ccc(-c5cccnc5)cc34)CC2)cc1. The van der Waals surface area contributed by atoms with Crippen LogP contribution in [0.15, 0.2) is 67.0 Å². The Balaban J connectivity index is 0.974. The fourth-order valence-electron chi connectivity index (χ4n) is 7.07. The molecule has 2 aliphatic carbocycles. The van der Waals surface area contributed by atoms with Crippen molar-refractivity contribution in [2.24, 2.45) is 11.8 Å². The molecular weight excluding hydrogens is 480 g/mol. The lowest BCUT2D eigenvalue weighted by Gasteiger charge is -2.32. The van der Waals surface area contributed by atoms with E-state index in [2.05, 4.69) is 46.3 Å². The van der Waals surface area contributed by atoms with Gasteiger partial charge in [0, 0.05) is 18.9 Å². The molecule has 3 aromatic rings. The normalized spacial score (nSPS) is 23.1. The molecule has 1 aromatic heterocycles. The maximum Gasteiger partial charge on any atom is 0.338 e. The van der Waals surface area contributed by atoms with Gasteiger partial charge in [-0.1, -0.05) is 42.8 Å². The molecule has 2 aromatic carbocycles. The van der Waals surface area contributed by atoms with Crippen molar-refractivity contribution >= 4 is 5.97 Å². The summed E-state index contributed by atoms with van der Waals surface area (Å²) in [5.74, 6) is 1.47. The molecule has 3 aliphatic rings. The number of fused-ring (bicyclic) bond motifs is 2. The Morgan fingerprint density at radius 2 is 1.82 bits per heavy atom. The van der Waals surface area contributed by atoms with E-state index < -0.39 is 5.60 Å². The summed E-state index contributed by atoms with van der Waals surface area (Å²) in [6.45, 7) is 9.01. The van der Waals surface area contributed by atoms with Crippen molar-refractivity contribution in [3.8, 4) is 11.1 Å². The van der Waals surface area contributed by atoms with E-state index in [1.165, 1.54) is 74.7 Å². The molecule has 1 saturated carbocycles. The van der Waals surface area contributed by atoms with Gasteiger partial charge in [-0.05, 0) is 136 Å². The van der Waals surface area contributed by atoms with Crippen molar-refractivity contribution in [2.75, 3.05) is 13.1 Å². The number of carbonyl (C=O) groups excluding carboxylic acids is 1. The maximum absolute atomic E-state index is 12.3. The highest BCUT2D eigenvalue weighted by atomic mass is 16.6. The monoisotopic (exact) mass is 522 g/mol. The van der Waals surface area contributed by atoms with Crippen LogP contribution < -0.4 is 0 Å². The van der Waals surface area contributed by atoms with E-state index >= 15 is 0 Å². The summed E-state index contributed by atoms with van der Waals surface area (Å²) in [6, 6.07) is 19.3. The van der Waals surface area contributed by atoms with Crippen molar-refractivity contribution in [3.05, 3.63) is 89.2 Å². The number of hydrogen-bond donors (Lipinski definition) is 0. The highest BCUT2D eigenvalue weighted by Crippen LogP contribution is 2.63. The van der Waals surface area contributed by atoms with Crippen LogP contribution in [0.2, 0.25) is 0 Å². The summed E-state index contributed by atoms with van der Waals surface area (Å²) in [5, 5.41) is 0. The fraction of sp³-hybridized carbons (Fsp3) is 0.486. The van der Waals surface area contributed by atoms with Crippen LogP contribution in [0.5, 0.6) is 0 Å². The Morgan fingerprint density at radius 3 is 2.54 bits per heavy atom. The number of aryl methyl sites for hydroxylation is 1. The van der Waals surface area contributed by atoms with Gasteiger partial charge in [0.05, 0.1) is 5.56 Å². The third kappa shape index (κ3) is 5.82. The first kappa shape index (κ1) is 26.3. The predicted octanol–water partition coefficient (Wildman–Crippen LogP) is 7.60. The molecule has 0 radical (unpaired) electrons. The van der Waals surface area contributed by atoms with Crippen molar-refractivity contribution in [1.82, 2.24) is 9.88 Å². The van der Waals surface area contributed by atoms with Gasteiger partial charge in [0.15, 0.2) is 0 Å². The Morgan fingerprint density at radius 1 is 1.03 bits per heavy atom. The van der Waals surface area contributed by atoms with Gasteiger partial charge in [-0.25, -0.2) is 4.79 Å². The fourth-order valence-corrected chi connectivity index (χ4v) is 7.07. The van der Waals surface area contributed by atoms with E-state index in [-0.39, 0.29) is 5.97 Å². The number of nitrogens with zero attached hydrogens (tertiary/aromatic N) is 2. The molecule has 204 valence electrons. The number of pyridine rings is 1. The van der Waals surface area contributed by atoms with E-state index in [0.717, 1.165) is 18.4 Å². The Kier molecular flexibility index (Phi) is 7.09. The van der Waals surface area contributed by atoms with Crippen molar-refractivity contribution in [2.45, 2.75) is 83.3 Å². The quantitative estimate of drug-likeness (QED) is 0.300. The first-order valence-electron chi connectivity index (χ1n) is 14.9. The third-order valence-corrected chi connectivity index (χ3v) is 9.34. The first-order valence-corrected chi connectivity index (χ1v) is 14.9. The van der Waals surface area contributed by atoms with Gasteiger partial charge in [-0.2, -0.15) is 0 Å². The van der Waals surface area contributed by atoms with Crippen molar-refractivity contribution in [1.29, 1.82) is 0 Å². The second-order valence-corrected chi connectivity index (χ2v) is 13.2. The summed E-state index contributed by atoms with van der Waals surface area (Å²) >= 11 is 0. The number of carbonyl (C=O) groups is 1. The van der Waals surface area contributed by atoms with Gasteiger partial charge >= 0.3 is 5.97 Å². The minimum absolute atomic E-state index is 0.248. The number of piperidine rings is 1. The van der Waals surface area contributed by atoms with E-state index in [1.54, 1.807) is 11.1 Å². The maximum atomic E-state index is 12.3. The molecule has 4 nitrogen and oxygen atoms in total. The minimum Gasteiger partial charge on any atom is -0.456 e. The summed E-state index contributed by atoms with van der Waals surface area (Å²) in [4.78, 5) is 19.2. The van der Waals surface area contributed by atoms with Crippen LogP contribution in [0.3, 0.4) is 0 Å². The molecule has 0 N–H and O–H groups in total. The standard InChI is InChI=1S/C35H42N2O2/c1-34(2,3)39-33(38)28-9-6-26(7-10-28)24-37-19-15-25(16-20-37)8-13-31-22-35(31)17-14-27-11-12-29(21-32(27)35)30-5-4-18-36-23-30/h4-7,9-12,18,21,23,25,31H,8,13-17,19-20,22,24H2,1-3H3. The third-order valence-electron chi connectivity index (χ3n) is 9.34. The zero-order chi connectivity index (χ0) is 27.0. The van der Waals surface area contributed by atoms with Gasteiger partial charge in [0.25, 0.3) is 0 Å². The summed E-state index contributed by atoms with van der Waals surface area (Å²) in [7, 11) is 0. The van der Waals surface area contributed by atoms with Crippen molar-refractivity contribution in [3.63, 3.8) is 0 Å². The first-order chi connectivity index (χ1) is 18.8.